The van der Waals surface area contributed by atoms with Crippen LogP contribution in [0.3, 0.4) is 0 Å². The molecular weight excluding hydrogens is 607 g/mol. The summed E-state index contributed by atoms with van der Waals surface area (Å²) in [6, 6.07) is 55.5. The first-order chi connectivity index (χ1) is 24.3. The lowest BCUT2D eigenvalue weighted by Gasteiger charge is -2.29. The second kappa shape index (κ2) is 10.3. The van der Waals surface area contributed by atoms with Crippen molar-refractivity contribution in [3.63, 3.8) is 0 Å². The van der Waals surface area contributed by atoms with Gasteiger partial charge in [-0.3, -0.25) is 0 Å². The van der Waals surface area contributed by atoms with Crippen LogP contribution in [0.1, 0.15) is 49.9 Å². The van der Waals surface area contributed by atoms with Crippen LogP contribution in [-0.4, -0.2) is 0 Å². The number of anilines is 3. The van der Waals surface area contributed by atoms with Crippen LogP contribution in [0, 0.1) is 0 Å². The molecule has 0 unspecified atom stereocenters. The summed E-state index contributed by atoms with van der Waals surface area (Å²) >= 11 is 0. The zero-order chi connectivity index (χ0) is 33.8. The maximum Gasteiger partial charge on any atom is 0.137 e. The molecule has 8 aromatic rings. The van der Waals surface area contributed by atoms with Crippen molar-refractivity contribution in [2.24, 2.45) is 0 Å². The first kappa shape index (κ1) is 29.1. The molecule has 0 saturated heterocycles. The normalized spacial score (nSPS) is 14.7. The van der Waals surface area contributed by atoms with Crippen LogP contribution in [0.5, 0.6) is 0 Å². The molecule has 0 fully saturated rings. The molecule has 0 saturated carbocycles. The van der Waals surface area contributed by atoms with E-state index in [2.05, 4.69) is 184 Å². The third-order valence-electron chi connectivity index (χ3n) is 11.5. The van der Waals surface area contributed by atoms with Crippen molar-refractivity contribution in [2.75, 3.05) is 4.90 Å². The Kier molecular flexibility index (Phi) is 6.01. The third-order valence-corrected chi connectivity index (χ3v) is 11.5. The highest BCUT2D eigenvalue weighted by molar-refractivity contribution is 6.15. The highest BCUT2D eigenvalue weighted by Gasteiger charge is 2.37. The van der Waals surface area contributed by atoms with Gasteiger partial charge < -0.3 is 9.32 Å². The van der Waals surface area contributed by atoms with Gasteiger partial charge in [0.15, 0.2) is 0 Å². The second-order valence-corrected chi connectivity index (χ2v) is 15.0. The molecule has 0 amide bonds. The van der Waals surface area contributed by atoms with Crippen LogP contribution in [-0.2, 0) is 10.8 Å². The van der Waals surface area contributed by atoms with Crippen molar-refractivity contribution >= 4 is 39.0 Å². The lowest BCUT2D eigenvalue weighted by atomic mass is 9.82. The molecule has 0 bridgehead atoms. The summed E-state index contributed by atoms with van der Waals surface area (Å²) in [4.78, 5) is 2.43. The molecule has 240 valence electrons. The molecule has 1 heterocycles. The van der Waals surface area contributed by atoms with Gasteiger partial charge in [-0.1, -0.05) is 131 Å². The number of fused-ring (bicyclic) bond motifs is 9. The monoisotopic (exact) mass is 643 g/mol. The topological polar surface area (TPSA) is 16.4 Å². The van der Waals surface area contributed by atoms with Gasteiger partial charge in [0.2, 0.25) is 0 Å². The van der Waals surface area contributed by atoms with Crippen molar-refractivity contribution in [1.29, 1.82) is 0 Å². The quantitative estimate of drug-likeness (QED) is 0.190. The van der Waals surface area contributed by atoms with E-state index in [-0.39, 0.29) is 10.8 Å². The summed E-state index contributed by atoms with van der Waals surface area (Å²) in [5, 5.41) is 2.27. The van der Waals surface area contributed by atoms with Crippen LogP contribution in [0.4, 0.5) is 17.1 Å². The molecular formula is C48H37NO. The van der Waals surface area contributed by atoms with Gasteiger partial charge in [0.25, 0.3) is 0 Å². The number of rotatable bonds is 4. The zero-order valence-electron chi connectivity index (χ0n) is 28.8. The van der Waals surface area contributed by atoms with Gasteiger partial charge in [-0.25, -0.2) is 0 Å². The Morgan fingerprint density at radius 3 is 1.72 bits per heavy atom. The van der Waals surface area contributed by atoms with Crippen molar-refractivity contribution in [3.8, 4) is 33.4 Å². The van der Waals surface area contributed by atoms with Crippen molar-refractivity contribution in [3.05, 3.63) is 174 Å². The Morgan fingerprint density at radius 1 is 0.420 bits per heavy atom. The molecule has 50 heavy (non-hydrogen) atoms. The molecule has 10 rings (SSSR count). The zero-order valence-corrected chi connectivity index (χ0v) is 28.8. The lowest BCUT2D eigenvalue weighted by molar-refractivity contribution is 0.647. The standard InChI is InChI=1S/C48H37NO/c1-47(2)39-17-10-8-15-34(39)36-26-25-33(27-41(36)47)49(32-23-21-31(22-24-32)30-13-6-5-7-14-30)43-19-12-20-44-46(43)38-28-37-35-16-9-11-18-40(35)48(3,4)42(37)29-45(38)50-44/h5-29H,1-4H3. The van der Waals surface area contributed by atoms with E-state index in [0.717, 1.165) is 39.0 Å². The van der Waals surface area contributed by atoms with E-state index in [4.69, 9.17) is 4.42 Å². The second-order valence-electron chi connectivity index (χ2n) is 15.0. The molecule has 0 aliphatic heterocycles. The minimum atomic E-state index is -0.111. The SMILES string of the molecule is CC1(C)c2ccccc2-c2ccc(N(c3ccc(-c4ccccc4)cc3)c3cccc4oc5cc6c(cc5c34)-c3ccccc3C6(C)C)cc21. The molecule has 0 N–H and O–H groups in total. The van der Waals surface area contributed by atoms with Crippen LogP contribution in [0.25, 0.3) is 55.3 Å². The van der Waals surface area contributed by atoms with Crippen LogP contribution in [0.15, 0.2) is 156 Å². The largest absolute Gasteiger partial charge is 0.456 e. The maximum absolute atomic E-state index is 6.73. The van der Waals surface area contributed by atoms with E-state index in [0.29, 0.717) is 0 Å². The minimum absolute atomic E-state index is 0.0940. The maximum atomic E-state index is 6.73. The van der Waals surface area contributed by atoms with Gasteiger partial charge in [0.1, 0.15) is 11.2 Å². The van der Waals surface area contributed by atoms with E-state index < -0.39 is 0 Å². The van der Waals surface area contributed by atoms with E-state index in [9.17, 15) is 0 Å². The van der Waals surface area contributed by atoms with Crippen LogP contribution < -0.4 is 4.90 Å². The Balaban J connectivity index is 1.21. The summed E-state index contributed by atoms with van der Waals surface area (Å²) in [7, 11) is 0. The van der Waals surface area contributed by atoms with E-state index in [1.807, 2.05) is 0 Å². The molecule has 1 aromatic heterocycles. The predicted molar refractivity (Wildman–Crippen MR) is 209 cm³/mol. The van der Waals surface area contributed by atoms with Gasteiger partial charge in [-0.05, 0) is 104 Å². The highest BCUT2D eigenvalue weighted by atomic mass is 16.3. The van der Waals surface area contributed by atoms with Gasteiger partial charge in [-0.2, -0.15) is 0 Å². The summed E-state index contributed by atoms with van der Waals surface area (Å²) < 4.78 is 6.73. The molecule has 0 radical (unpaired) electrons. The van der Waals surface area contributed by atoms with Gasteiger partial charge in [0, 0.05) is 27.6 Å². The van der Waals surface area contributed by atoms with Crippen molar-refractivity contribution < 1.29 is 4.42 Å². The Bertz CT molecular complexity index is 2640. The highest BCUT2D eigenvalue weighted by Crippen LogP contribution is 2.54. The van der Waals surface area contributed by atoms with E-state index in [1.165, 1.54) is 55.6 Å². The number of hydrogen-bond acceptors (Lipinski definition) is 2. The Morgan fingerprint density at radius 2 is 1.00 bits per heavy atom. The van der Waals surface area contributed by atoms with E-state index in [1.54, 1.807) is 0 Å². The van der Waals surface area contributed by atoms with Crippen LogP contribution >= 0.6 is 0 Å². The number of hydrogen-bond donors (Lipinski definition) is 0. The number of furan rings is 1. The summed E-state index contributed by atoms with van der Waals surface area (Å²) in [6.45, 7) is 9.35. The molecule has 0 atom stereocenters. The predicted octanol–water partition coefficient (Wildman–Crippen LogP) is 13.3. The molecule has 0 spiro atoms. The molecule has 2 aliphatic carbocycles. The fourth-order valence-electron chi connectivity index (χ4n) is 8.88. The number of nitrogens with zero attached hydrogens (tertiary/aromatic N) is 1. The third kappa shape index (κ3) is 4.02. The minimum Gasteiger partial charge on any atom is -0.456 e. The van der Waals surface area contributed by atoms with Gasteiger partial charge in [-0.15, -0.1) is 0 Å². The summed E-state index contributed by atoms with van der Waals surface area (Å²) in [5.74, 6) is 0. The Hall–Kier alpha value is -5.86. The fourth-order valence-corrected chi connectivity index (χ4v) is 8.88. The molecule has 2 nitrogen and oxygen atoms in total. The van der Waals surface area contributed by atoms with Crippen LogP contribution in [0.2, 0.25) is 0 Å². The average Bonchev–Trinajstić information content (AvgIpc) is 3.71. The van der Waals surface area contributed by atoms with Gasteiger partial charge in [0.05, 0.1) is 11.1 Å². The molecule has 7 aromatic carbocycles. The van der Waals surface area contributed by atoms with Crippen molar-refractivity contribution in [2.45, 2.75) is 38.5 Å². The number of benzene rings is 7. The summed E-state index contributed by atoms with van der Waals surface area (Å²) in [6.07, 6.45) is 0. The molecule has 2 heteroatoms. The Labute approximate surface area is 293 Å². The molecule has 2 aliphatic rings. The average molecular weight is 644 g/mol. The smallest absolute Gasteiger partial charge is 0.137 e. The fraction of sp³-hybridized carbons (Fsp3) is 0.125. The van der Waals surface area contributed by atoms with E-state index >= 15 is 0 Å². The first-order valence-electron chi connectivity index (χ1n) is 17.6. The van der Waals surface area contributed by atoms with Crippen molar-refractivity contribution in [1.82, 2.24) is 0 Å². The van der Waals surface area contributed by atoms with Gasteiger partial charge >= 0.3 is 0 Å². The lowest BCUT2D eigenvalue weighted by Crippen LogP contribution is -2.16. The summed E-state index contributed by atoms with van der Waals surface area (Å²) in [5.41, 5.74) is 18.0. The first-order valence-corrected chi connectivity index (χ1v) is 17.6.